The molecule has 1 aromatic heterocycles. The molecule has 0 aromatic carbocycles. The van der Waals surface area contributed by atoms with Crippen molar-refractivity contribution < 1.29 is 17.6 Å². The van der Waals surface area contributed by atoms with Gasteiger partial charge in [-0.1, -0.05) is 0 Å². The minimum Gasteiger partial charge on any atom is -0.359 e. The molecule has 0 bridgehead atoms. The number of halogens is 4. The van der Waals surface area contributed by atoms with Gasteiger partial charge >= 0.3 is 12.3 Å². The summed E-state index contributed by atoms with van der Waals surface area (Å²) in [7, 11) is 0. The summed E-state index contributed by atoms with van der Waals surface area (Å²) in [6.07, 6.45) is -1.16. The van der Waals surface area contributed by atoms with Crippen molar-refractivity contribution in [2.75, 3.05) is 11.9 Å². The maximum absolute atomic E-state index is 12.7. The third kappa shape index (κ3) is 3.21. The normalized spacial score (nSPS) is 12.2. The maximum atomic E-state index is 12.7. The fourth-order valence-electron chi connectivity index (χ4n) is 1.23. The van der Waals surface area contributed by atoms with Crippen molar-refractivity contribution in [3.05, 3.63) is 22.7 Å². The van der Waals surface area contributed by atoms with Crippen LogP contribution < -0.4 is 10.9 Å². The highest BCUT2D eigenvalue weighted by atomic mass is 19.3. The summed E-state index contributed by atoms with van der Waals surface area (Å²) in [4.78, 5) is 15.3. The summed E-state index contributed by atoms with van der Waals surface area (Å²) in [5.74, 6) is -4.57. The Morgan fingerprint density at radius 2 is 2.06 bits per heavy atom. The molecule has 0 aliphatic carbocycles. The van der Waals surface area contributed by atoms with E-state index in [0.717, 1.165) is 0 Å². The van der Waals surface area contributed by atoms with Gasteiger partial charge in [0.2, 0.25) is 0 Å². The van der Waals surface area contributed by atoms with Crippen LogP contribution in [0.4, 0.5) is 23.4 Å². The van der Waals surface area contributed by atoms with Crippen LogP contribution in [-0.4, -0.2) is 28.4 Å². The highest BCUT2D eigenvalue weighted by Gasteiger charge is 2.40. The highest BCUT2D eigenvalue weighted by molar-refractivity contribution is 5.31. The van der Waals surface area contributed by atoms with Crippen molar-refractivity contribution in [1.29, 1.82) is 0 Å². The molecule has 18 heavy (non-hydrogen) atoms. The topological polar surface area (TPSA) is 46.9 Å². The lowest BCUT2D eigenvalue weighted by Gasteiger charge is -2.16. The van der Waals surface area contributed by atoms with Gasteiger partial charge in [-0.15, -0.1) is 0 Å². The molecule has 1 heterocycles. The number of hydrogen-bond donors (Lipinski definition) is 1. The van der Waals surface area contributed by atoms with Gasteiger partial charge in [-0.3, -0.25) is 4.79 Å². The average Bonchev–Trinajstić information content (AvgIpc) is 2.27. The fourth-order valence-corrected chi connectivity index (χ4v) is 1.23. The van der Waals surface area contributed by atoms with Gasteiger partial charge in [-0.05, 0) is 13.8 Å². The second kappa shape index (κ2) is 5.36. The Morgan fingerprint density at radius 3 is 2.56 bits per heavy atom. The molecule has 102 valence electrons. The van der Waals surface area contributed by atoms with E-state index >= 15 is 0 Å². The molecule has 0 amide bonds. The Balaban J connectivity index is 2.87. The summed E-state index contributed by atoms with van der Waals surface area (Å²) in [6.45, 7) is 2.10. The Hall–Kier alpha value is -1.60. The van der Waals surface area contributed by atoms with E-state index < -0.39 is 24.5 Å². The molecule has 0 spiro atoms. The lowest BCUT2D eigenvalue weighted by Crippen LogP contribution is -2.37. The Morgan fingerprint density at radius 1 is 1.44 bits per heavy atom. The van der Waals surface area contributed by atoms with Gasteiger partial charge in [0.25, 0.3) is 5.56 Å². The van der Waals surface area contributed by atoms with Crippen molar-refractivity contribution in [3.63, 3.8) is 0 Å². The van der Waals surface area contributed by atoms with E-state index in [4.69, 9.17) is 0 Å². The average molecular weight is 267 g/mol. The number of rotatable bonds is 5. The molecule has 0 saturated heterocycles. The van der Waals surface area contributed by atoms with Gasteiger partial charge in [0.15, 0.2) is 5.82 Å². The molecule has 0 radical (unpaired) electrons. The van der Waals surface area contributed by atoms with Crippen LogP contribution in [0.5, 0.6) is 0 Å². The predicted octanol–water partition coefficient (Wildman–Crippen LogP) is 2.14. The number of nitrogens with zero attached hydrogens (tertiary/aromatic N) is 2. The summed E-state index contributed by atoms with van der Waals surface area (Å²) in [5, 5.41) is 1.96. The third-order valence-electron chi connectivity index (χ3n) is 2.24. The molecule has 0 unspecified atom stereocenters. The minimum absolute atomic E-state index is 0.184. The number of anilines is 1. The Labute approximate surface area is 101 Å². The molecule has 1 aromatic rings. The fraction of sp³-hybridized carbons (Fsp3) is 0.600. The maximum Gasteiger partial charge on any atom is 0.324 e. The molecule has 4 nitrogen and oxygen atoms in total. The number of hydrogen-bond acceptors (Lipinski definition) is 3. The smallest absolute Gasteiger partial charge is 0.324 e. The van der Waals surface area contributed by atoms with E-state index in [1.54, 1.807) is 13.8 Å². The zero-order chi connectivity index (χ0) is 13.9. The summed E-state index contributed by atoms with van der Waals surface area (Å²) >= 11 is 0. The van der Waals surface area contributed by atoms with E-state index in [1.807, 2.05) is 5.32 Å². The molecule has 0 fully saturated rings. The van der Waals surface area contributed by atoms with E-state index in [2.05, 4.69) is 4.98 Å². The molecule has 0 atom stereocenters. The first-order valence-electron chi connectivity index (χ1n) is 5.22. The molecule has 0 aliphatic rings. The lowest BCUT2D eigenvalue weighted by atomic mass is 10.3. The van der Waals surface area contributed by atoms with Crippen LogP contribution >= 0.6 is 0 Å². The second-order valence-corrected chi connectivity index (χ2v) is 4.00. The first-order chi connectivity index (χ1) is 8.25. The molecule has 1 N–H and O–H groups in total. The SMILES string of the molecule is CC(C)n1ccnc(NCC(F)(F)C(F)F)c1=O. The van der Waals surface area contributed by atoms with E-state index in [0.29, 0.717) is 0 Å². The largest absolute Gasteiger partial charge is 0.359 e. The van der Waals surface area contributed by atoms with Gasteiger partial charge in [0.05, 0.1) is 6.54 Å². The van der Waals surface area contributed by atoms with Gasteiger partial charge in [-0.25, -0.2) is 13.8 Å². The standard InChI is InChI=1S/C10H13F4N3O/c1-6(2)17-4-3-15-7(8(17)18)16-5-10(13,14)9(11)12/h3-4,6,9H,5H2,1-2H3,(H,15,16). The van der Waals surface area contributed by atoms with Crippen LogP contribution in [0.2, 0.25) is 0 Å². The molecule has 0 aliphatic heterocycles. The predicted molar refractivity (Wildman–Crippen MR) is 58.3 cm³/mol. The first kappa shape index (κ1) is 14.5. The van der Waals surface area contributed by atoms with Crippen LogP contribution in [0.15, 0.2) is 17.2 Å². The van der Waals surface area contributed by atoms with Crippen LogP contribution in [0.25, 0.3) is 0 Å². The summed E-state index contributed by atoms with van der Waals surface area (Å²) < 4.78 is 50.5. The van der Waals surface area contributed by atoms with Crippen molar-refractivity contribution >= 4 is 5.82 Å². The monoisotopic (exact) mass is 267 g/mol. The lowest BCUT2D eigenvalue weighted by molar-refractivity contribution is -0.117. The van der Waals surface area contributed by atoms with Gasteiger partial charge in [-0.2, -0.15) is 8.78 Å². The Bertz CT molecular complexity index is 459. The van der Waals surface area contributed by atoms with Gasteiger partial charge in [0.1, 0.15) is 0 Å². The zero-order valence-electron chi connectivity index (χ0n) is 9.83. The highest BCUT2D eigenvalue weighted by Crippen LogP contribution is 2.22. The Kier molecular flexibility index (Phi) is 4.31. The van der Waals surface area contributed by atoms with Gasteiger partial charge in [0, 0.05) is 18.4 Å². The van der Waals surface area contributed by atoms with E-state index in [9.17, 15) is 22.4 Å². The van der Waals surface area contributed by atoms with Crippen LogP contribution in [0, 0.1) is 0 Å². The van der Waals surface area contributed by atoms with Crippen molar-refractivity contribution in [1.82, 2.24) is 9.55 Å². The summed E-state index contributed by atoms with van der Waals surface area (Å²) in [6, 6.07) is -0.184. The third-order valence-corrected chi connectivity index (χ3v) is 2.24. The van der Waals surface area contributed by atoms with Gasteiger partial charge < -0.3 is 9.88 Å². The van der Waals surface area contributed by atoms with Crippen LogP contribution in [0.3, 0.4) is 0 Å². The molecular weight excluding hydrogens is 254 g/mol. The van der Waals surface area contributed by atoms with Crippen molar-refractivity contribution in [2.45, 2.75) is 32.2 Å². The number of nitrogens with one attached hydrogen (secondary N) is 1. The molecule has 8 heteroatoms. The second-order valence-electron chi connectivity index (χ2n) is 4.00. The zero-order valence-corrected chi connectivity index (χ0v) is 9.83. The summed E-state index contributed by atoms with van der Waals surface area (Å²) in [5.41, 5.74) is -0.627. The first-order valence-corrected chi connectivity index (χ1v) is 5.22. The van der Waals surface area contributed by atoms with E-state index in [1.165, 1.54) is 17.0 Å². The molecule has 0 saturated carbocycles. The van der Waals surface area contributed by atoms with E-state index in [-0.39, 0.29) is 11.9 Å². The minimum atomic E-state index is -4.20. The number of aromatic nitrogens is 2. The molecule has 1 rings (SSSR count). The number of alkyl halides is 4. The molecular formula is C10H13F4N3O. The van der Waals surface area contributed by atoms with Crippen LogP contribution in [-0.2, 0) is 0 Å². The van der Waals surface area contributed by atoms with Crippen molar-refractivity contribution in [2.24, 2.45) is 0 Å². The van der Waals surface area contributed by atoms with Crippen molar-refractivity contribution in [3.8, 4) is 0 Å². The quantitative estimate of drug-likeness (QED) is 0.831. The van der Waals surface area contributed by atoms with Crippen LogP contribution in [0.1, 0.15) is 19.9 Å².